The van der Waals surface area contributed by atoms with Gasteiger partial charge >= 0.3 is 0 Å². The molecular formula is C26H32ClN5O3. The summed E-state index contributed by atoms with van der Waals surface area (Å²) >= 11 is 6.08. The van der Waals surface area contributed by atoms with E-state index in [1.54, 1.807) is 18.1 Å². The Balaban J connectivity index is 1.57. The maximum atomic E-state index is 12.7. The third-order valence-electron chi connectivity index (χ3n) is 6.24. The van der Waals surface area contributed by atoms with E-state index in [4.69, 9.17) is 16.3 Å². The summed E-state index contributed by atoms with van der Waals surface area (Å²) in [7, 11) is 1.66. The third kappa shape index (κ3) is 6.44. The number of aryl methyl sites for hydroxylation is 1. The number of hydrogen-bond donors (Lipinski definition) is 1. The van der Waals surface area contributed by atoms with Crippen LogP contribution in [0, 0.1) is 25.2 Å². The number of halogens is 1. The van der Waals surface area contributed by atoms with E-state index in [9.17, 15) is 14.9 Å². The molecule has 2 amide bonds. The molecule has 1 aromatic heterocycles. The second-order valence-corrected chi connectivity index (χ2v) is 9.14. The van der Waals surface area contributed by atoms with E-state index in [-0.39, 0.29) is 24.1 Å². The largest absolute Gasteiger partial charge is 0.383 e. The quantitative estimate of drug-likeness (QED) is 0.446. The third-order valence-corrected chi connectivity index (χ3v) is 6.48. The van der Waals surface area contributed by atoms with E-state index in [0.29, 0.717) is 37.8 Å². The van der Waals surface area contributed by atoms with Gasteiger partial charge in [-0.1, -0.05) is 17.7 Å². The van der Waals surface area contributed by atoms with Gasteiger partial charge in [0.2, 0.25) is 5.91 Å². The Morgan fingerprint density at radius 1 is 1.23 bits per heavy atom. The zero-order valence-electron chi connectivity index (χ0n) is 20.7. The van der Waals surface area contributed by atoms with Gasteiger partial charge in [0.05, 0.1) is 19.2 Å². The van der Waals surface area contributed by atoms with Crippen LogP contribution in [0.15, 0.2) is 35.9 Å². The first-order valence-electron chi connectivity index (χ1n) is 11.6. The van der Waals surface area contributed by atoms with Gasteiger partial charge in [-0.3, -0.25) is 9.59 Å². The molecule has 0 aliphatic carbocycles. The minimum Gasteiger partial charge on any atom is -0.383 e. The van der Waals surface area contributed by atoms with Crippen molar-refractivity contribution in [3.8, 4) is 6.07 Å². The lowest BCUT2D eigenvalue weighted by Gasteiger charge is -2.36. The van der Waals surface area contributed by atoms with E-state index in [1.807, 2.05) is 50.2 Å². The zero-order valence-corrected chi connectivity index (χ0v) is 21.4. The summed E-state index contributed by atoms with van der Waals surface area (Å²) in [6.45, 7) is 8.84. The Bertz CT molecular complexity index is 1140. The van der Waals surface area contributed by atoms with Gasteiger partial charge in [0.1, 0.15) is 11.6 Å². The number of rotatable bonds is 8. The molecule has 0 saturated carbocycles. The van der Waals surface area contributed by atoms with Crippen LogP contribution in [0.2, 0.25) is 5.02 Å². The number of amides is 2. The van der Waals surface area contributed by atoms with Crippen LogP contribution in [0.3, 0.4) is 0 Å². The summed E-state index contributed by atoms with van der Waals surface area (Å²) in [6.07, 6.45) is 1.57. The summed E-state index contributed by atoms with van der Waals surface area (Å²) in [5, 5.41) is 12.9. The number of benzene rings is 1. The number of nitrogens with one attached hydrogen (secondary N) is 1. The van der Waals surface area contributed by atoms with Gasteiger partial charge in [0.15, 0.2) is 0 Å². The fourth-order valence-corrected chi connectivity index (χ4v) is 4.68. The summed E-state index contributed by atoms with van der Waals surface area (Å²) < 4.78 is 7.38. The molecule has 0 spiro atoms. The average molecular weight is 498 g/mol. The lowest BCUT2D eigenvalue weighted by Crippen LogP contribution is -2.51. The van der Waals surface area contributed by atoms with Crippen molar-refractivity contribution in [2.24, 2.45) is 0 Å². The number of hydrogen-bond acceptors (Lipinski definition) is 5. The SMILES string of the molecule is COCC(C)n1c(C)cc(/C=C(/C#N)C(=O)NCC(=O)N2CCN(c3cccc(Cl)c3)CC2)c1C. The summed E-state index contributed by atoms with van der Waals surface area (Å²) in [6, 6.07) is 11.7. The monoisotopic (exact) mass is 497 g/mol. The molecule has 0 bridgehead atoms. The van der Waals surface area contributed by atoms with E-state index >= 15 is 0 Å². The fourth-order valence-electron chi connectivity index (χ4n) is 4.50. The number of carbonyl (C=O) groups is 2. The van der Waals surface area contributed by atoms with Gasteiger partial charge in [-0.2, -0.15) is 5.26 Å². The first-order chi connectivity index (χ1) is 16.7. The summed E-state index contributed by atoms with van der Waals surface area (Å²) in [5.74, 6) is -0.735. The van der Waals surface area contributed by atoms with E-state index in [0.717, 1.165) is 22.6 Å². The predicted molar refractivity (Wildman–Crippen MR) is 137 cm³/mol. The second-order valence-electron chi connectivity index (χ2n) is 8.70. The van der Waals surface area contributed by atoms with Crippen LogP contribution in [0.4, 0.5) is 5.69 Å². The highest BCUT2D eigenvalue weighted by atomic mass is 35.5. The van der Waals surface area contributed by atoms with Crippen molar-refractivity contribution in [3.63, 3.8) is 0 Å². The molecule has 0 radical (unpaired) electrons. The Morgan fingerprint density at radius 3 is 2.57 bits per heavy atom. The Kier molecular flexibility index (Phi) is 8.96. The standard InChI is InChI=1S/C26H32ClN5O3/c1-18-12-21(20(3)32(18)19(2)17-35-4)13-22(15-28)26(34)29-16-25(33)31-10-8-30(9-11-31)24-7-5-6-23(27)14-24/h5-7,12-14,19H,8-11,16-17H2,1-4H3,(H,29,34)/b22-13-. The van der Waals surface area contributed by atoms with Crippen LogP contribution < -0.4 is 10.2 Å². The van der Waals surface area contributed by atoms with Crippen LogP contribution in [0.5, 0.6) is 0 Å². The topological polar surface area (TPSA) is 90.6 Å². The number of anilines is 1. The highest BCUT2D eigenvalue weighted by Crippen LogP contribution is 2.23. The molecule has 2 aromatic rings. The number of aromatic nitrogens is 1. The lowest BCUT2D eigenvalue weighted by molar-refractivity contribution is -0.132. The van der Waals surface area contributed by atoms with Crippen molar-refractivity contribution in [3.05, 3.63) is 57.9 Å². The van der Waals surface area contributed by atoms with Crippen molar-refractivity contribution in [2.75, 3.05) is 51.3 Å². The van der Waals surface area contributed by atoms with Gasteiger partial charge < -0.3 is 24.4 Å². The Hall–Kier alpha value is -3.28. The number of nitrogens with zero attached hydrogens (tertiary/aromatic N) is 4. The second kappa shape index (κ2) is 11.9. The number of piperazine rings is 1. The molecule has 1 fully saturated rings. The Morgan fingerprint density at radius 2 is 1.94 bits per heavy atom. The van der Waals surface area contributed by atoms with Crippen LogP contribution in [0.25, 0.3) is 6.08 Å². The molecule has 1 aliphatic rings. The molecule has 3 rings (SSSR count). The molecule has 1 aromatic carbocycles. The number of ether oxygens (including phenoxy) is 1. The fraction of sp³-hybridized carbons (Fsp3) is 0.423. The van der Waals surface area contributed by atoms with Crippen molar-refractivity contribution in [1.82, 2.24) is 14.8 Å². The molecule has 1 N–H and O–H groups in total. The van der Waals surface area contributed by atoms with Gasteiger partial charge in [0.25, 0.3) is 5.91 Å². The van der Waals surface area contributed by atoms with E-state index in [1.165, 1.54) is 0 Å². The molecule has 9 heteroatoms. The van der Waals surface area contributed by atoms with Crippen LogP contribution in [-0.2, 0) is 14.3 Å². The van der Waals surface area contributed by atoms with Gasteiger partial charge in [-0.15, -0.1) is 0 Å². The molecule has 35 heavy (non-hydrogen) atoms. The Labute approximate surface area is 211 Å². The number of nitriles is 1. The van der Waals surface area contributed by atoms with Crippen molar-refractivity contribution < 1.29 is 14.3 Å². The molecule has 2 heterocycles. The number of methoxy groups -OCH3 is 1. The maximum Gasteiger partial charge on any atom is 0.262 e. The van der Waals surface area contributed by atoms with Gasteiger partial charge in [0, 0.05) is 55.4 Å². The minimum atomic E-state index is -0.562. The molecule has 1 atom stereocenters. The van der Waals surface area contributed by atoms with E-state index < -0.39 is 5.91 Å². The van der Waals surface area contributed by atoms with Gasteiger partial charge in [-0.05, 0) is 56.7 Å². The van der Waals surface area contributed by atoms with Crippen LogP contribution in [0.1, 0.15) is 29.9 Å². The van der Waals surface area contributed by atoms with Crippen molar-refractivity contribution in [1.29, 1.82) is 5.26 Å². The predicted octanol–water partition coefficient (Wildman–Crippen LogP) is 3.34. The molecule has 8 nitrogen and oxygen atoms in total. The maximum absolute atomic E-state index is 12.7. The highest BCUT2D eigenvalue weighted by molar-refractivity contribution is 6.30. The van der Waals surface area contributed by atoms with Crippen LogP contribution in [-0.4, -0.2) is 67.7 Å². The molecular weight excluding hydrogens is 466 g/mol. The molecule has 186 valence electrons. The first kappa shape index (κ1) is 26.3. The highest BCUT2D eigenvalue weighted by Gasteiger charge is 2.22. The minimum absolute atomic E-state index is 0.0387. The molecule has 1 unspecified atom stereocenters. The number of carbonyl (C=O) groups excluding carboxylic acids is 2. The smallest absolute Gasteiger partial charge is 0.262 e. The first-order valence-corrected chi connectivity index (χ1v) is 12.0. The van der Waals surface area contributed by atoms with Gasteiger partial charge in [-0.25, -0.2) is 0 Å². The van der Waals surface area contributed by atoms with E-state index in [2.05, 4.69) is 21.7 Å². The summed E-state index contributed by atoms with van der Waals surface area (Å²) in [4.78, 5) is 29.2. The van der Waals surface area contributed by atoms with Crippen LogP contribution >= 0.6 is 11.6 Å². The molecule has 1 saturated heterocycles. The summed E-state index contributed by atoms with van der Waals surface area (Å²) in [5.41, 5.74) is 3.74. The van der Waals surface area contributed by atoms with Crippen molar-refractivity contribution >= 4 is 35.2 Å². The molecule has 1 aliphatic heterocycles. The van der Waals surface area contributed by atoms with Crippen molar-refractivity contribution in [2.45, 2.75) is 26.8 Å². The lowest BCUT2D eigenvalue weighted by atomic mass is 10.1. The normalized spacial score (nSPS) is 15.0. The zero-order chi connectivity index (χ0) is 25.5. The average Bonchev–Trinajstić information content (AvgIpc) is 3.13.